The van der Waals surface area contributed by atoms with Gasteiger partial charge in [0.2, 0.25) is 0 Å². The maximum atomic E-state index is 11.4. The van der Waals surface area contributed by atoms with Crippen molar-refractivity contribution >= 4 is 23.4 Å². The van der Waals surface area contributed by atoms with E-state index in [2.05, 4.69) is 9.88 Å². The SMILES string of the molecule is O=C(O)c1ccc(Cl)nc1N1CCCC2CCCC21. The summed E-state index contributed by atoms with van der Waals surface area (Å²) >= 11 is 5.95. The molecule has 2 fully saturated rings. The first kappa shape index (κ1) is 12.7. The number of halogens is 1. The number of aromatic carboxylic acids is 1. The molecule has 5 heteroatoms. The van der Waals surface area contributed by atoms with Crippen molar-refractivity contribution in [1.82, 2.24) is 4.98 Å². The molecular weight excluding hydrogens is 264 g/mol. The van der Waals surface area contributed by atoms with E-state index in [-0.39, 0.29) is 5.56 Å². The molecule has 1 aromatic rings. The van der Waals surface area contributed by atoms with Gasteiger partial charge in [-0.2, -0.15) is 0 Å². The van der Waals surface area contributed by atoms with Crippen molar-refractivity contribution in [3.63, 3.8) is 0 Å². The van der Waals surface area contributed by atoms with Gasteiger partial charge in [-0.25, -0.2) is 9.78 Å². The zero-order valence-corrected chi connectivity index (χ0v) is 11.4. The maximum Gasteiger partial charge on any atom is 0.339 e. The van der Waals surface area contributed by atoms with Crippen LogP contribution in [0.2, 0.25) is 5.15 Å². The first-order chi connectivity index (χ1) is 9.16. The molecule has 1 saturated carbocycles. The predicted molar refractivity (Wildman–Crippen MR) is 73.9 cm³/mol. The van der Waals surface area contributed by atoms with E-state index in [0.717, 1.165) is 19.4 Å². The summed E-state index contributed by atoms with van der Waals surface area (Å²) in [7, 11) is 0. The van der Waals surface area contributed by atoms with Crippen LogP contribution in [-0.2, 0) is 0 Å². The third kappa shape index (κ3) is 2.29. The topological polar surface area (TPSA) is 53.4 Å². The molecule has 0 aromatic carbocycles. The van der Waals surface area contributed by atoms with Gasteiger partial charge in [-0.15, -0.1) is 0 Å². The Hall–Kier alpha value is -1.29. The van der Waals surface area contributed by atoms with Crippen LogP contribution in [0, 0.1) is 5.92 Å². The molecule has 0 radical (unpaired) electrons. The van der Waals surface area contributed by atoms with E-state index in [1.807, 2.05) is 0 Å². The Morgan fingerprint density at radius 2 is 2.11 bits per heavy atom. The molecule has 1 aromatic heterocycles. The monoisotopic (exact) mass is 280 g/mol. The largest absolute Gasteiger partial charge is 0.478 e. The molecule has 2 heterocycles. The van der Waals surface area contributed by atoms with Gasteiger partial charge in [0.05, 0.1) is 0 Å². The van der Waals surface area contributed by atoms with Crippen LogP contribution < -0.4 is 4.90 Å². The molecule has 2 unspecified atom stereocenters. The average molecular weight is 281 g/mol. The molecule has 0 spiro atoms. The minimum Gasteiger partial charge on any atom is -0.478 e. The number of hydrogen-bond acceptors (Lipinski definition) is 3. The lowest BCUT2D eigenvalue weighted by Crippen LogP contribution is -2.43. The van der Waals surface area contributed by atoms with Gasteiger partial charge in [0.1, 0.15) is 16.5 Å². The summed E-state index contributed by atoms with van der Waals surface area (Å²) in [5.74, 6) is 0.312. The number of piperidine rings is 1. The van der Waals surface area contributed by atoms with E-state index < -0.39 is 5.97 Å². The van der Waals surface area contributed by atoms with Gasteiger partial charge in [-0.1, -0.05) is 18.0 Å². The fraction of sp³-hybridized carbons (Fsp3) is 0.571. The molecular formula is C14H17ClN2O2. The molecule has 1 aliphatic carbocycles. The molecule has 0 bridgehead atoms. The lowest BCUT2D eigenvalue weighted by Gasteiger charge is -2.39. The molecule has 102 valence electrons. The lowest BCUT2D eigenvalue weighted by atomic mass is 9.91. The molecule has 0 amide bonds. The van der Waals surface area contributed by atoms with Gasteiger partial charge in [0.15, 0.2) is 0 Å². The van der Waals surface area contributed by atoms with Crippen LogP contribution >= 0.6 is 11.6 Å². The zero-order valence-electron chi connectivity index (χ0n) is 10.7. The number of nitrogens with zero attached hydrogens (tertiary/aromatic N) is 2. The fourth-order valence-electron chi connectivity index (χ4n) is 3.53. The summed E-state index contributed by atoms with van der Waals surface area (Å²) in [5.41, 5.74) is 0.261. The van der Waals surface area contributed by atoms with Crippen LogP contribution in [0.4, 0.5) is 5.82 Å². The number of carbonyl (C=O) groups is 1. The van der Waals surface area contributed by atoms with Crippen LogP contribution in [-0.4, -0.2) is 28.6 Å². The Morgan fingerprint density at radius 1 is 1.32 bits per heavy atom. The Labute approximate surface area is 117 Å². The van der Waals surface area contributed by atoms with Crippen LogP contribution in [0.15, 0.2) is 12.1 Å². The van der Waals surface area contributed by atoms with Crippen molar-refractivity contribution in [2.75, 3.05) is 11.4 Å². The van der Waals surface area contributed by atoms with Crippen molar-refractivity contribution in [1.29, 1.82) is 0 Å². The number of carboxylic acids is 1. The first-order valence-corrected chi connectivity index (χ1v) is 7.21. The predicted octanol–water partition coefficient (Wildman–Crippen LogP) is 3.20. The summed E-state index contributed by atoms with van der Waals surface area (Å²) in [6.07, 6.45) is 5.98. The second-order valence-corrected chi connectivity index (χ2v) is 5.79. The lowest BCUT2D eigenvalue weighted by molar-refractivity contribution is 0.0697. The summed E-state index contributed by atoms with van der Waals surface area (Å²) in [5, 5.41) is 9.68. The van der Waals surface area contributed by atoms with E-state index in [9.17, 15) is 9.90 Å². The number of carboxylic acid groups (broad SMARTS) is 1. The second kappa shape index (κ2) is 5.00. The highest BCUT2D eigenvalue weighted by Gasteiger charge is 2.37. The van der Waals surface area contributed by atoms with Crippen molar-refractivity contribution in [2.24, 2.45) is 5.92 Å². The van der Waals surface area contributed by atoms with Crippen molar-refractivity contribution in [2.45, 2.75) is 38.1 Å². The highest BCUT2D eigenvalue weighted by atomic mass is 35.5. The smallest absolute Gasteiger partial charge is 0.339 e. The van der Waals surface area contributed by atoms with E-state index in [4.69, 9.17) is 11.6 Å². The number of hydrogen-bond donors (Lipinski definition) is 1. The molecule has 2 aliphatic rings. The quantitative estimate of drug-likeness (QED) is 0.845. The van der Waals surface area contributed by atoms with Crippen LogP contribution in [0.3, 0.4) is 0 Å². The van der Waals surface area contributed by atoms with E-state index in [1.54, 1.807) is 12.1 Å². The summed E-state index contributed by atoms with van der Waals surface area (Å²) in [6.45, 7) is 0.884. The van der Waals surface area contributed by atoms with Crippen molar-refractivity contribution in [3.8, 4) is 0 Å². The molecule has 19 heavy (non-hydrogen) atoms. The normalized spacial score (nSPS) is 26.3. The minimum absolute atomic E-state index is 0.261. The Kier molecular flexibility index (Phi) is 3.35. The average Bonchev–Trinajstić information content (AvgIpc) is 2.86. The highest BCUT2D eigenvalue weighted by Crippen LogP contribution is 2.39. The molecule has 4 nitrogen and oxygen atoms in total. The Balaban J connectivity index is 2.00. The van der Waals surface area contributed by atoms with Crippen molar-refractivity contribution < 1.29 is 9.90 Å². The molecule has 2 atom stereocenters. The van der Waals surface area contributed by atoms with Gasteiger partial charge in [0.25, 0.3) is 0 Å². The standard InChI is InChI=1S/C14H17ClN2O2/c15-12-7-6-10(14(18)19)13(16-12)17-8-2-4-9-3-1-5-11(9)17/h6-7,9,11H,1-5,8H2,(H,18,19). The number of fused-ring (bicyclic) bond motifs is 1. The van der Waals surface area contributed by atoms with E-state index in [1.165, 1.54) is 19.3 Å². The number of rotatable bonds is 2. The number of anilines is 1. The summed E-state index contributed by atoms with van der Waals surface area (Å²) in [4.78, 5) is 17.8. The highest BCUT2D eigenvalue weighted by molar-refractivity contribution is 6.29. The maximum absolute atomic E-state index is 11.4. The zero-order chi connectivity index (χ0) is 13.4. The van der Waals surface area contributed by atoms with Crippen LogP contribution in [0.25, 0.3) is 0 Å². The molecule has 1 aliphatic heterocycles. The molecule has 1 N–H and O–H groups in total. The van der Waals surface area contributed by atoms with Crippen LogP contribution in [0.1, 0.15) is 42.5 Å². The fourth-order valence-corrected chi connectivity index (χ4v) is 3.67. The van der Waals surface area contributed by atoms with Crippen LogP contribution in [0.5, 0.6) is 0 Å². The van der Waals surface area contributed by atoms with E-state index in [0.29, 0.717) is 22.9 Å². The molecule has 3 rings (SSSR count). The third-order valence-corrected chi connectivity index (χ3v) is 4.55. The second-order valence-electron chi connectivity index (χ2n) is 5.40. The minimum atomic E-state index is -0.931. The summed E-state index contributed by atoms with van der Waals surface area (Å²) in [6, 6.07) is 3.55. The third-order valence-electron chi connectivity index (χ3n) is 4.34. The summed E-state index contributed by atoms with van der Waals surface area (Å²) < 4.78 is 0. The number of aromatic nitrogens is 1. The van der Waals surface area contributed by atoms with Gasteiger partial charge in [-0.05, 0) is 43.7 Å². The number of pyridine rings is 1. The Bertz CT molecular complexity index is 506. The van der Waals surface area contributed by atoms with Gasteiger partial charge >= 0.3 is 5.97 Å². The van der Waals surface area contributed by atoms with Crippen molar-refractivity contribution in [3.05, 3.63) is 22.8 Å². The Morgan fingerprint density at radius 3 is 2.89 bits per heavy atom. The van der Waals surface area contributed by atoms with Gasteiger partial charge < -0.3 is 10.0 Å². The van der Waals surface area contributed by atoms with Gasteiger partial charge in [0, 0.05) is 12.6 Å². The molecule has 1 saturated heterocycles. The van der Waals surface area contributed by atoms with E-state index >= 15 is 0 Å². The van der Waals surface area contributed by atoms with Gasteiger partial charge in [-0.3, -0.25) is 0 Å². The first-order valence-electron chi connectivity index (χ1n) is 6.83.